The first-order chi connectivity index (χ1) is 8.24. The first-order valence-electron chi connectivity index (χ1n) is 5.96. The number of rotatable bonds is 4. The summed E-state index contributed by atoms with van der Waals surface area (Å²) >= 11 is 0. The van der Waals surface area contributed by atoms with E-state index in [4.69, 9.17) is 0 Å². The van der Waals surface area contributed by atoms with Crippen LogP contribution in [0.1, 0.15) is 11.3 Å². The molecule has 1 aromatic carbocycles. The van der Waals surface area contributed by atoms with Crippen molar-refractivity contribution in [3.63, 3.8) is 0 Å². The van der Waals surface area contributed by atoms with E-state index >= 15 is 0 Å². The van der Waals surface area contributed by atoms with Crippen LogP contribution in [0.4, 0.5) is 0 Å². The van der Waals surface area contributed by atoms with Gasteiger partial charge in [0.2, 0.25) is 0 Å². The lowest BCUT2D eigenvalue weighted by atomic mass is 10.1. The molecule has 0 atom stereocenters. The summed E-state index contributed by atoms with van der Waals surface area (Å²) in [4.78, 5) is 0. The van der Waals surface area contributed by atoms with Crippen molar-refractivity contribution in [3.05, 3.63) is 41.6 Å². The lowest BCUT2D eigenvalue weighted by molar-refractivity contribution is 0.680. The molecule has 3 nitrogen and oxygen atoms in total. The van der Waals surface area contributed by atoms with Crippen LogP contribution in [0.2, 0.25) is 0 Å². The fourth-order valence-electron chi connectivity index (χ4n) is 2.13. The maximum absolute atomic E-state index is 4.62. The molecule has 0 unspecified atom stereocenters. The van der Waals surface area contributed by atoms with Gasteiger partial charge in [0.05, 0.1) is 5.69 Å². The average molecular weight is 229 g/mol. The van der Waals surface area contributed by atoms with Crippen molar-refractivity contribution in [1.82, 2.24) is 15.1 Å². The predicted octanol–water partition coefficient (Wildman–Crippen LogP) is 2.16. The summed E-state index contributed by atoms with van der Waals surface area (Å²) in [6.07, 6.45) is 1.01. The van der Waals surface area contributed by atoms with Crippen LogP contribution in [0.25, 0.3) is 11.3 Å². The number of benzene rings is 1. The Morgan fingerprint density at radius 3 is 2.59 bits per heavy atom. The summed E-state index contributed by atoms with van der Waals surface area (Å²) in [5, 5.41) is 7.80. The molecule has 0 saturated heterocycles. The maximum atomic E-state index is 4.62. The topological polar surface area (TPSA) is 29.9 Å². The third-order valence-corrected chi connectivity index (χ3v) is 3.09. The molecule has 2 aromatic rings. The maximum Gasteiger partial charge on any atom is 0.0955 e. The van der Waals surface area contributed by atoms with Crippen LogP contribution in [0.5, 0.6) is 0 Å². The molecule has 1 heterocycles. The Hall–Kier alpha value is -1.61. The van der Waals surface area contributed by atoms with Crippen molar-refractivity contribution in [1.29, 1.82) is 0 Å². The number of aryl methyl sites for hydroxylation is 1. The summed E-state index contributed by atoms with van der Waals surface area (Å²) in [5.41, 5.74) is 4.88. The van der Waals surface area contributed by atoms with Gasteiger partial charge in [-0.2, -0.15) is 5.10 Å². The van der Waals surface area contributed by atoms with Gasteiger partial charge in [0, 0.05) is 31.3 Å². The van der Waals surface area contributed by atoms with Gasteiger partial charge < -0.3 is 5.32 Å². The summed E-state index contributed by atoms with van der Waals surface area (Å²) in [6, 6.07) is 10.4. The molecule has 0 aliphatic rings. The van der Waals surface area contributed by atoms with E-state index in [0.717, 1.165) is 18.7 Å². The lowest BCUT2D eigenvalue weighted by Gasteiger charge is -2.02. The first kappa shape index (κ1) is 11.9. The largest absolute Gasteiger partial charge is 0.319 e. The lowest BCUT2D eigenvalue weighted by Crippen LogP contribution is -2.13. The summed E-state index contributed by atoms with van der Waals surface area (Å²) in [5.74, 6) is 0. The molecular formula is C14H19N3. The van der Waals surface area contributed by atoms with Crippen LogP contribution in [-0.2, 0) is 13.5 Å². The number of nitrogens with one attached hydrogen (secondary N) is 1. The van der Waals surface area contributed by atoms with Gasteiger partial charge >= 0.3 is 0 Å². The van der Waals surface area contributed by atoms with E-state index in [9.17, 15) is 0 Å². The van der Waals surface area contributed by atoms with Crippen LogP contribution in [0.15, 0.2) is 30.3 Å². The van der Waals surface area contributed by atoms with E-state index in [1.165, 1.54) is 16.8 Å². The van der Waals surface area contributed by atoms with Gasteiger partial charge in [0.15, 0.2) is 0 Å². The zero-order chi connectivity index (χ0) is 12.3. The fraction of sp³-hybridized carbons (Fsp3) is 0.357. The number of nitrogens with zero attached hydrogens (tertiary/aromatic N) is 2. The molecule has 0 aliphatic carbocycles. The molecule has 1 aromatic heterocycles. The second kappa shape index (κ2) is 5.15. The molecule has 0 saturated carbocycles. The van der Waals surface area contributed by atoms with E-state index in [0.29, 0.717) is 0 Å². The summed E-state index contributed by atoms with van der Waals surface area (Å²) in [6.45, 7) is 3.13. The Morgan fingerprint density at radius 1 is 1.24 bits per heavy atom. The highest BCUT2D eigenvalue weighted by Gasteiger charge is 2.12. The number of hydrogen-bond donors (Lipinski definition) is 1. The summed E-state index contributed by atoms with van der Waals surface area (Å²) in [7, 11) is 3.99. The van der Waals surface area contributed by atoms with Gasteiger partial charge in [0.25, 0.3) is 0 Å². The fourth-order valence-corrected chi connectivity index (χ4v) is 2.13. The van der Waals surface area contributed by atoms with E-state index in [1.54, 1.807) is 0 Å². The zero-order valence-corrected chi connectivity index (χ0v) is 10.7. The standard InChI is InChI=1S/C14H19N3/c1-11-13(9-10-15-2)17(3)16-14(11)12-7-5-4-6-8-12/h4-8,15H,9-10H2,1-3H3. The van der Waals surface area contributed by atoms with Gasteiger partial charge in [-0.3, -0.25) is 4.68 Å². The molecule has 17 heavy (non-hydrogen) atoms. The minimum absolute atomic E-state index is 0.981. The van der Waals surface area contributed by atoms with Crippen molar-refractivity contribution < 1.29 is 0 Å². The normalized spacial score (nSPS) is 10.8. The molecule has 0 fully saturated rings. The second-order valence-corrected chi connectivity index (χ2v) is 4.26. The molecule has 2 rings (SSSR count). The Labute approximate surface area is 102 Å². The number of likely N-dealkylation sites (N-methyl/N-ethyl adjacent to an activating group) is 1. The molecule has 0 radical (unpaired) electrons. The minimum atomic E-state index is 0.981. The predicted molar refractivity (Wildman–Crippen MR) is 71.0 cm³/mol. The summed E-state index contributed by atoms with van der Waals surface area (Å²) < 4.78 is 2.00. The van der Waals surface area contributed by atoms with Crippen molar-refractivity contribution in [3.8, 4) is 11.3 Å². The van der Waals surface area contributed by atoms with Gasteiger partial charge in [0.1, 0.15) is 0 Å². The molecule has 0 bridgehead atoms. The molecule has 1 N–H and O–H groups in total. The van der Waals surface area contributed by atoms with Gasteiger partial charge in [-0.05, 0) is 19.5 Å². The van der Waals surface area contributed by atoms with E-state index in [2.05, 4.69) is 41.6 Å². The SMILES string of the molecule is CNCCc1c(C)c(-c2ccccc2)nn1C. The second-order valence-electron chi connectivity index (χ2n) is 4.26. The Morgan fingerprint density at radius 2 is 1.94 bits per heavy atom. The zero-order valence-electron chi connectivity index (χ0n) is 10.7. The van der Waals surface area contributed by atoms with Crippen LogP contribution in [-0.4, -0.2) is 23.4 Å². The molecule has 0 amide bonds. The number of aromatic nitrogens is 2. The highest BCUT2D eigenvalue weighted by Crippen LogP contribution is 2.24. The highest BCUT2D eigenvalue weighted by molar-refractivity contribution is 5.63. The van der Waals surface area contributed by atoms with Crippen LogP contribution < -0.4 is 5.32 Å². The average Bonchev–Trinajstić information content (AvgIpc) is 2.64. The van der Waals surface area contributed by atoms with E-state index in [1.807, 2.05) is 24.8 Å². The van der Waals surface area contributed by atoms with Crippen LogP contribution in [0.3, 0.4) is 0 Å². The minimum Gasteiger partial charge on any atom is -0.319 e. The quantitative estimate of drug-likeness (QED) is 0.870. The number of hydrogen-bond acceptors (Lipinski definition) is 2. The Bertz CT molecular complexity index is 486. The monoisotopic (exact) mass is 229 g/mol. The molecule has 90 valence electrons. The molecule has 0 aliphatic heterocycles. The van der Waals surface area contributed by atoms with Crippen LogP contribution in [0, 0.1) is 6.92 Å². The third kappa shape index (κ3) is 2.39. The van der Waals surface area contributed by atoms with Gasteiger partial charge in [-0.25, -0.2) is 0 Å². The molecule has 3 heteroatoms. The van der Waals surface area contributed by atoms with Crippen molar-refractivity contribution >= 4 is 0 Å². The van der Waals surface area contributed by atoms with Gasteiger partial charge in [-0.15, -0.1) is 0 Å². The molecule has 0 spiro atoms. The van der Waals surface area contributed by atoms with Crippen molar-refractivity contribution in [2.75, 3.05) is 13.6 Å². The van der Waals surface area contributed by atoms with Crippen molar-refractivity contribution in [2.24, 2.45) is 7.05 Å². The van der Waals surface area contributed by atoms with Gasteiger partial charge in [-0.1, -0.05) is 30.3 Å². The highest BCUT2D eigenvalue weighted by atomic mass is 15.3. The molecular weight excluding hydrogens is 210 g/mol. The Kier molecular flexibility index (Phi) is 3.59. The smallest absolute Gasteiger partial charge is 0.0955 e. The third-order valence-electron chi connectivity index (χ3n) is 3.09. The van der Waals surface area contributed by atoms with Crippen LogP contribution >= 0.6 is 0 Å². The Balaban J connectivity index is 2.37. The first-order valence-corrected chi connectivity index (χ1v) is 5.96. The van der Waals surface area contributed by atoms with E-state index < -0.39 is 0 Å². The van der Waals surface area contributed by atoms with Crippen molar-refractivity contribution in [2.45, 2.75) is 13.3 Å². The van der Waals surface area contributed by atoms with E-state index in [-0.39, 0.29) is 0 Å².